The maximum atomic E-state index is 13.5. The van der Waals surface area contributed by atoms with Gasteiger partial charge in [-0.1, -0.05) is 37.3 Å². The van der Waals surface area contributed by atoms with E-state index in [0.717, 1.165) is 48.3 Å². The van der Waals surface area contributed by atoms with Gasteiger partial charge in [0.25, 0.3) is 0 Å². The quantitative estimate of drug-likeness (QED) is 0.545. The van der Waals surface area contributed by atoms with Crippen molar-refractivity contribution in [3.05, 3.63) is 72.3 Å². The minimum absolute atomic E-state index is 0.188. The second-order valence-corrected chi connectivity index (χ2v) is 7.99. The van der Waals surface area contributed by atoms with Gasteiger partial charge in [0.05, 0.1) is 13.2 Å². The highest BCUT2D eigenvalue weighted by atomic mass is 16.5. The smallest absolute Gasteiger partial charge is 0.316 e. The van der Waals surface area contributed by atoms with Crippen molar-refractivity contribution in [3.63, 3.8) is 0 Å². The zero-order chi connectivity index (χ0) is 22.3. The fourth-order valence-corrected chi connectivity index (χ4v) is 4.25. The maximum Gasteiger partial charge on any atom is 0.316 e. The third-order valence-electron chi connectivity index (χ3n) is 5.84. The molecule has 1 saturated heterocycles. The van der Waals surface area contributed by atoms with E-state index in [9.17, 15) is 4.79 Å². The van der Waals surface area contributed by atoms with Crippen LogP contribution in [0.3, 0.4) is 0 Å². The molecule has 0 bridgehead atoms. The molecule has 32 heavy (non-hydrogen) atoms. The van der Waals surface area contributed by atoms with Crippen molar-refractivity contribution in [2.24, 2.45) is 0 Å². The van der Waals surface area contributed by atoms with Gasteiger partial charge in [0.2, 0.25) is 5.91 Å². The van der Waals surface area contributed by atoms with Gasteiger partial charge in [-0.05, 0) is 30.0 Å². The molecule has 4 rings (SSSR count). The number of methoxy groups -OCH3 is 1. The molecule has 1 aliphatic rings. The number of amides is 1. The third kappa shape index (κ3) is 4.94. The van der Waals surface area contributed by atoms with E-state index in [2.05, 4.69) is 45.0 Å². The second-order valence-electron chi connectivity index (χ2n) is 7.99. The normalized spacial score (nSPS) is 16.9. The summed E-state index contributed by atoms with van der Waals surface area (Å²) in [7, 11) is 1.55. The Kier molecular flexibility index (Phi) is 7.07. The molecule has 1 fully saturated rings. The minimum atomic E-state index is -0.241. The molecule has 7 nitrogen and oxygen atoms in total. The van der Waals surface area contributed by atoms with Crippen LogP contribution in [0.15, 0.2) is 61.2 Å². The highest BCUT2D eigenvalue weighted by molar-refractivity contribution is 5.83. The molecule has 1 aromatic carbocycles. The number of pyridine rings is 1. The van der Waals surface area contributed by atoms with E-state index in [0.29, 0.717) is 19.0 Å². The Hall–Kier alpha value is -3.32. The second kappa shape index (κ2) is 10.3. The van der Waals surface area contributed by atoms with E-state index in [1.165, 1.54) is 0 Å². The first-order valence-corrected chi connectivity index (χ1v) is 11.1. The number of hydrogen-bond acceptors (Lipinski definition) is 6. The highest BCUT2D eigenvalue weighted by Gasteiger charge is 2.35. The molecular formula is C25H29N5O2. The molecular weight excluding hydrogens is 402 g/mol. The molecule has 0 radical (unpaired) electrons. The predicted molar refractivity (Wildman–Crippen MR) is 123 cm³/mol. The fourth-order valence-electron chi connectivity index (χ4n) is 4.25. The van der Waals surface area contributed by atoms with Gasteiger partial charge in [-0.25, -0.2) is 9.97 Å². The molecule has 2 aromatic heterocycles. The molecule has 7 heteroatoms. The Morgan fingerprint density at radius 2 is 1.88 bits per heavy atom. The first-order chi connectivity index (χ1) is 15.7. The third-order valence-corrected chi connectivity index (χ3v) is 5.84. The first kappa shape index (κ1) is 21.9. The molecule has 1 amide bonds. The van der Waals surface area contributed by atoms with E-state index in [-0.39, 0.29) is 11.9 Å². The van der Waals surface area contributed by atoms with Gasteiger partial charge >= 0.3 is 6.01 Å². The van der Waals surface area contributed by atoms with Crippen LogP contribution >= 0.6 is 0 Å². The number of aromatic nitrogens is 3. The van der Waals surface area contributed by atoms with Crippen LogP contribution < -0.4 is 4.74 Å². The average molecular weight is 432 g/mol. The first-order valence-electron chi connectivity index (χ1n) is 11.1. The summed E-state index contributed by atoms with van der Waals surface area (Å²) < 4.78 is 5.07. The Morgan fingerprint density at radius 3 is 2.59 bits per heavy atom. The molecule has 3 aromatic rings. The molecule has 0 spiro atoms. The number of benzene rings is 1. The highest BCUT2D eigenvalue weighted by Crippen LogP contribution is 2.27. The Labute approximate surface area is 189 Å². The van der Waals surface area contributed by atoms with Crippen molar-refractivity contribution in [1.29, 1.82) is 0 Å². The fraction of sp³-hybridized carbons (Fsp3) is 0.360. The summed E-state index contributed by atoms with van der Waals surface area (Å²) in [5.41, 5.74) is 4.29. The van der Waals surface area contributed by atoms with Crippen LogP contribution in [0, 0.1) is 0 Å². The predicted octanol–water partition coefficient (Wildman–Crippen LogP) is 3.21. The molecule has 3 heterocycles. The van der Waals surface area contributed by atoms with E-state index >= 15 is 0 Å². The van der Waals surface area contributed by atoms with Crippen LogP contribution in [0.25, 0.3) is 11.1 Å². The zero-order valence-corrected chi connectivity index (χ0v) is 18.6. The van der Waals surface area contributed by atoms with Gasteiger partial charge in [0.1, 0.15) is 0 Å². The van der Waals surface area contributed by atoms with Crippen molar-refractivity contribution in [1.82, 2.24) is 24.8 Å². The minimum Gasteiger partial charge on any atom is -0.467 e. The van der Waals surface area contributed by atoms with Crippen molar-refractivity contribution in [2.75, 3.05) is 26.7 Å². The van der Waals surface area contributed by atoms with Gasteiger partial charge in [-0.15, -0.1) is 0 Å². The van der Waals surface area contributed by atoms with E-state index in [4.69, 9.17) is 4.74 Å². The lowest BCUT2D eigenvalue weighted by molar-refractivity contribution is -0.142. The molecule has 1 atom stereocenters. The summed E-state index contributed by atoms with van der Waals surface area (Å²) in [6.07, 6.45) is 8.79. The molecule has 0 N–H and O–H groups in total. The van der Waals surface area contributed by atoms with Crippen molar-refractivity contribution in [3.8, 4) is 17.1 Å². The lowest BCUT2D eigenvalue weighted by Crippen LogP contribution is -2.57. The van der Waals surface area contributed by atoms with Crippen molar-refractivity contribution < 1.29 is 9.53 Å². The molecule has 166 valence electrons. The number of nitrogens with zero attached hydrogens (tertiary/aromatic N) is 5. The lowest BCUT2D eigenvalue weighted by atomic mass is 9.93. The van der Waals surface area contributed by atoms with Gasteiger partial charge in [-0.2, -0.15) is 0 Å². The van der Waals surface area contributed by atoms with Crippen molar-refractivity contribution >= 4 is 5.91 Å². The Bertz CT molecular complexity index is 1030. The van der Waals surface area contributed by atoms with Gasteiger partial charge in [-0.3, -0.25) is 14.7 Å². The summed E-state index contributed by atoms with van der Waals surface area (Å²) in [6, 6.07) is 12.4. The molecule has 0 saturated carbocycles. The molecule has 1 aliphatic heterocycles. The number of rotatable bonds is 8. The number of carbonyl (C=O) groups is 1. The number of hydrogen-bond donors (Lipinski definition) is 0. The Morgan fingerprint density at radius 1 is 1.06 bits per heavy atom. The van der Waals surface area contributed by atoms with Crippen LogP contribution in [0.2, 0.25) is 0 Å². The van der Waals surface area contributed by atoms with Crippen LogP contribution in [0.1, 0.15) is 24.5 Å². The maximum absolute atomic E-state index is 13.5. The molecule has 0 aliphatic carbocycles. The summed E-state index contributed by atoms with van der Waals surface area (Å²) in [6.45, 7) is 5.08. The van der Waals surface area contributed by atoms with E-state index < -0.39 is 0 Å². The largest absolute Gasteiger partial charge is 0.467 e. The Balaban J connectivity index is 1.62. The number of ether oxygens (including phenoxy) is 1. The van der Waals surface area contributed by atoms with Crippen LogP contribution in [0.4, 0.5) is 0 Å². The van der Waals surface area contributed by atoms with Gasteiger partial charge < -0.3 is 9.64 Å². The summed E-state index contributed by atoms with van der Waals surface area (Å²) in [4.78, 5) is 30.5. The summed E-state index contributed by atoms with van der Waals surface area (Å²) in [5.74, 6) is 0.188. The van der Waals surface area contributed by atoms with Crippen LogP contribution in [-0.2, 0) is 17.8 Å². The van der Waals surface area contributed by atoms with Crippen LogP contribution in [-0.4, -0.2) is 63.4 Å². The van der Waals surface area contributed by atoms with Gasteiger partial charge in [0.15, 0.2) is 0 Å². The number of piperazine rings is 1. The van der Waals surface area contributed by atoms with E-state index in [1.807, 2.05) is 29.3 Å². The van der Waals surface area contributed by atoms with Crippen molar-refractivity contribution in [2.45, 2.75) is 32.4 Å². The zero-order valence-electron chi connectivity index (χ0n) is 18.6. The number of carbonyl (C=O) groups excluding carboxylic acids is 1. The SMILES string of the molecule is CCCN1CCN(Cc2cnc(OC)nc2)C(Cc2ccccc2-c2cccnc2)C1=O. The van der Waals surface area contributed by atoms with E-state index in [1.54, 1.807) is 25.7 Å². The van der Waals surface area contributed by atoms with Crippen LogP contribution in [0.5, 0.6) is 6.01 Å². The average Bonchev–Trinajstić information content (AvgIpc) is 2.84. The topological polar surface area (TPSA) is 71.5 Å². The monoisotopic (exact) mass is 431 g/mol. The lowest BCUT2D eigenvalue weighted by Gasteiger charge is -2.41. The summed E-state index contributed by atoms with van der Waals surface area (Å²) in [5, 5.41) is 0. The van der Waals surface area contributed by atoms with Gasteiger partial charge in [0, 0.05) is 62.1 Å². The molecule has 1 unspecified atom stereocenters. The standard InChI is InChI=1S/C25H29N5O2/c1-3-11-29-12-13-30(18-19-15-27-25(32-2)28-16-19)23(24(29)31)14-20-7-4-5-9-22(20)21-8-6-10-26-17-21/h4-10,15-17,23H,3,11-14,18H2,1-2H3. The summed E-state index contributed by atoms with van der Waals surface area (Å²) >= 11 is 0.